The highest BCUT2D eigenvalue weighted by Crippen LogP contribution is 2.08. The zero-order valence-corrected chi connectivity index (χ0v) is 70.7. The molecule has 0 aliphatic carbocycles. The maximum atomic E-state index is 12.8. The van der Waals surface area contributed by atoms with Crippen molar-refractivity contribution in [3.8, 4) is 0 Å². The van der Waals surface area contributed by atoms with Crippen LogP contribution in [0.25, 0.3) is 0 Å². The summed E-state index contributed by atoms with van der Waals surface area (Å²) >= 11 is 0. The van der Waals surface area contributed by atoms with E-state index in [1.807, 2.05) is 27.7 Å². The summed E-state index contributed by atoms with van der Waals surface area (Å²) < 4.78 is 17.8. The van der Waals surface area contributed by atoms with E-state index in [0.29, 0.717) is 52.4 Å². The van der Waals surface area contributed by atoms with Crippen LogP contribution in [0.15, 0.2) is 0 Å². The Bertz CT molecular complexity index is 3260. The molecule has 0 radical (unpaired) electrons. The lowest BCUT2D eigenvalue weighted by atomic mass is 10.1. The van der Waals surface area contributed by atoms with Gasteiger partial charge in [-0.15, -0.1) is 0 Å². The number of aliphatic carboxylic acids is 4. The van der Waals surface area contributed by atoms with Gasteiger partial charge < -0.3 is 93.4 Å². The highest BCUT2D eigenvalue weighted by atomic mass is 17.0. The number of hydrogen-bond donors (Lipinski definition) is 16. The second kappa shape index (κ2) is 64.7. The number of ether oxygens (including phenoxy) is 4. The number of hydrogen-bond acceptors (Lipinski definition) is 40. The molecule has 0 spiro atoms. The van der Waals surface area contributed by atoms with Crippen LogP contribution >= 0.6 is 0 Å². The number of morpholine rings is 4. The normalized spacial score (nSPS) is 14.6. The monoisotopic (exact) mass is 1750 g/mol. The van der Waals surface area contributed by atoms with Gasteiger partial charge in [0.2, 0.25) is 35.4 Å². The predicted octanol–water partition coefficient (Wildman–Crippen LogP) is -11.3. The molecule has 50 nitrogen and oxygen atoms in total. The van der Waals surface area contributed by atoms with Gasteiger partial charge >= 0.3 is 71.6 Å². The van der Waals surface area contributed by atoms with Gasteiger partial charge in [0.1, 0.15) is 11.6 Å². The minimum atomic E-state index is -1.24. The number of carbonyl (C=O) groups is 20. The van der Waals surface area contributed by atoms with Crippen molar-refractivity contribution in [2.75, 3.05) is 262 Å². The molecule has 0 unspecified atom stereocenters. The van der Waals surface area contributed by atoms with E-state index in [1.54, 1.807) is 57.1 Å². The molecule has 4 saturated heterocycles. The molecule has 0 aromatic rings. The van der Waals surface area contributed by atoms with E-state index in [1.165, 1.54) is 9.80 Å². The third-order valence-corrected chi connectivity index (χ3v) is 16.8. The predicted molar refractivity (Wildman–Crippen MR) is 427 cm³/mol. The van der Waals surface area contributed by atoms with Crippen LogP contribution in [0.5, 0.6) is 0 Å². The fraction of sp³-hybridized carbons (Fsp3) is 0.722. The number of carboxylic acid groups (broad SMARTS) is 4. The second-order valence-electron chi connectivity index (χ2n) is 29.2. The van der Waals surface area contributed by atoms with Crippen LogP contribution in [0.4, 0.5) is 0 Å². The Kier molecular flexibility index (Phi) is 59.4. The van der Waals surface area contributed by atoms with Gasteiger partial charge in [-0.05, 0) is 0 Å². The van der Waals surface area contributed by atoms with E-state index in [0.717, 1.165) is 9.80 Å². The molecule has 4 rings (SSSR count). The lowest BCUT2D eigenvalue weighted by Crippen LogP contribution is -2.50. The number of nitrogens with two attached hydrogens (primary N) is 2. The van der Waals surface area contributed by atoms with Crippen molar-refractivity contribution in [1.29, 1.82) is 0 Å². The van der Waals surface area contributed by atoms with E-state index >= 15 is 0 Å². The number of carbonyl (C=O) groups excluding carboxylic acids is 16. The minimum absolute atomic E-state index is 0.00364. The smallest absolute Gasteiger partial charge is 0.327 e. The van der Waals surface area contributed by atoms with Gasteiger partial charge in [0, 0.05) is 155 Å². The maximum Gasteiger partial charge on any atom is 0.327 e. The topological polar surface area (TPSA) is 680 Å². The summed E-state index contributed by atoms with van der Waals surface area (Å²) in [5.41, 5.74) is 9.81. The van der Waals surface area contributed by atoms with Crippen LogP contribution in [0, 0.1) is 11.8 Å². The number of nitrogens with one attached hydrogen (secondary N) is 8. The molecule has 4 aliphatic rings. The zero-order chi connectivity index (χ0) is 92.4. The van der Waals surface area contributed by atoms with E-state index in [9.17, 15) is 95.9 Å². The van der Waals surface area contributed by atoms with Gasteiger partial charge in [-0.2, -0.15) is 0 Å². The SMILES string of the molecule is CC(C)NCCNC(=O)CN(CCN(CC(=O)O)CC(=O)O)CC(=O)NCCNC(=O)CN(CCN(CC(=O)O)CC(=O)O)CC(=O)C(C)C.CC(C)NCCNC(=O)CN(CCN1CC(=O)OC(=O)C1)CC(=O)NCCNC(=O)CN(CCN1CC(=O)OC(=O)C1)CC(=O)C(C)C.NCCN.O=C1CN(CCN2CC(=O)OC(=O)C2)CC(=O)O1.OO. The fourth-order valence-corrected chi connectivity index (χ4v) is 10.8. The van der Waals surface area contributed by atoms with Gasteiger partial charge in [-0.25, -0.2) is 0 Å². The summed E-state index contributed by atoms with van der Waals surface area (Å²) in [5, 5.41) is 70.9. The van der Waals surface area contributed by atoms with Gasteiger partial charge in [0.05, 0.1) is 131 Å². The number of ketones is 2. The quantitative estimate of drug-likeness (QED) is 0.00671. The summed E-state index contributed by atoms with van der Waals surface area (Å²) in [7, 11) is 0. The van der Waals surface area contributed by atoms with Crippen LogP contribution in [0.3, 0.4) is 0 Å². The summed E-state index contributed by atoms with van der Waals surface area (Å²) in [5.74, 6) is -13.2. The molecule has 50 heteroatoms. The Labute approximate surface area is 706 Å². The molecule has 18 N–H and O–H groups in total. The third-order valence-electron chi connectivity index (χ3n) is 16.8. The molecular formula is C72H126N20O30. The first-order valence-electron chi connectivity index (χ1n) is 39.3. The van der Waals surface area contributed by atoms with E-state index < -0.39 is 121 Å². The lowest BCUT2D eigenvalue weighted by molar-refractivity contribution is -0.176. The average Bonchev–Trinajstić information content (AvgIpc) is 0.879. The van der Waals surface area contributed by atoms with Crippen LogP contribution < -0.4 is 54.0 Å². The molecule has 0 aromatic heterocycles. The fourth-order valence-electron chi connectivity index (χ4n) is 10.8. The van der Waals surface area contributed by atoms with Crippen molar-refractivity contribution in [1.82, 2.24) is 91.5 Å². The van der Waals surface area contributed by atoms with Crippen molar-refractivity contribution in [3.05, 3.63) is 0 Å². The van der Waals surface area contributed by atoms with E-state index in [2.05, 4.69) is 61.5 Å². The van der Waals surface area contributed by atoms with Crippen molar-refractivity contribution in [3.63, 3.8) is 0 Å². The summed E-state index contributed by atoms with van der Waals surface area (Å²) in [6.07, 6.45) is 0. The number of esters is 8. The molecule has 694 valence electrons. The summed E-state index contributed by atoms with van der Waals surface area (Å²) in [4.78, 5) is 251. The highest BCUT2D eigenvalue weighted by Gasteiger charge is 2.31. The van der Waals surface area contributed by atoms with Crippen molar-refractivity contribution < 1.29 is 146 Å². The minimum Gasteiger partial charge on any atom is -0.480 e. The Balaban J connectivity index is 0.00000189. The van der Waals surface area contributed by atoms with Crippen molar-refractivity contribution in [2.24, 2.45) is 23.3 Å². The van der Waals surface area contributed by atoms with Gasteiger partial charge in [-0.3, -0.25) is 155 Å². The molecule has 0 atom stereocenters. The summed E-state index contributed by atoms with van der Waals surface area (Å²) in [6.45, 7) is 16.2. The first-order valence-corrected chi connectivity index (χ1v) is 39.3. The number of carboxylic acids is 4. The maximum absolute atomic E-state index is 12.8. The highest BCUT2D eigenvalue weighted by molar-refractivity contribution is 5.93. The number of Topliss-reactive ketones (excluding diaryl/α,β-unsaturated/α-hetero) is 2. The van der Waals surface area contributed by atoms with Gasteiger partial charge in [0.15, 0.2) is 0 Å². The molecule has 0 saturated carbocycles. The Morgan fingerprint density at radius 3 is 0.672 bits per heavy atom. The average molecular weight is 1750 g/mol. The molecule has 4 heterocycles. The van der Waals surface area contributed by atoms with E-state index in [4.69, 9.17) is 42.4 Å². The third kappa shape index (κ3) is 59.6. The lowest BCUT2D eigenvalue weighted by Gasteiger charge is -2.28. The summed E-state index contributed by atoms with van der Waals surface area (Å²) in [6, 6.07) is 0.478. The van der Waals surface area contributed by atoms with Gasteiger partial charge in [-0.1, -0.05) is 55.4 Å². The molecule has 6 amide bonds. The zero-order valence-electron chi connectivity index (χ0n) is 70.7. The van der Waals surface area contributed by atoms with Crippen LogP contribution in [-0.2, 0) is 115 Å². The van der Waals surface area contributed by atoms with Crippen LogP contribution in [0.1, 0.15) is 55.4 Å². The molecule has 4 fully saturated rings. The van der Waals surface area contributed by atoms with Crippen LogP contribution in [-0.4, -0.2) is 472 Å². The molecule has 122 heavy (non-hydrogen) atoms. The van der Waals surface area contributed by atoms with Crippen LogP contribution in [0.2, 0.25) is 0 Å². The number of cyclic esters (lactones) is 8. The molecule has 0 aromatic carbocycles. The van der Waals surface area contributed by atoms with E-state index in [-0.39, 0.29) is 231 Å². The second-order valence-corrected chi connectivity index (χ2v) is 29.2. The van der Waals surface area contributed by atoms with Crippen molar-refractivity contribution >= 4 is 119 Å². The molecule has 0 bridgehead atoms. The number of nitrogens with zero attached hydrogens (tertiary/aromatic N) is 10. The largest absolute Gasteiger partial charge is 0.480 e. The first-order chi connectivity index (χ1) is 57.5. The first kappa shape index (κ1) is 112. The number of rotatable bonds is 56. The van der Waals surface area contributed by atoms with Crippen molar-refractivity contribution in [2.45, 2.75) is 67.5 Å². The van der Waals surface area contributed by atoms with Gasteiger partial charge in [0.25, 0.3) is 0 Å². The number of amides is 6. The molecule has 4 aliphatic heterocycles. The standard InChI is InChI=1S/C30H54N8O12.C30H50N8O10.C10H12N2O6.C2H8N2.H2O2/c1-21(2)23(39)13-35(9-11-37(17-27(43)44)18-28(45)46)14-24(40)33-7-8-34-26(42)16-36(15-25(41)32-6-5-31-22(3)4)10-12-38(19-29(47)48)20-30(49)50;1-21(2)23(39)13-35(9-11-37-17-27(43)47-28(44)18-37)14-24(40)33-7-8-34-26(42)16-36(15-25(41)32-6-5-31-22(3)4)10-12-38-19-29(45)48-30(46)20-38;13-7-3-11(4-8(14)17-7)1-2-12-5-9(15)18-10(16)6-12;3-1-2-4;1-2/h21-22,31H,5-20H2,1-4H3,(H,32,41)(H,33,40)(H,34,42)(H,43,44)(H,45,46)(H,47,48)(H,49,50);21-22,31H,5-20H2,1-4H3,(H,32,41)(H,33,40)(H,34,42);1-6H2;1-4H2;1-2H. The Morgan fingerprint density at radius 2 is 0.475 bits per heavy atom. The molecular weight excluding hydrogens is 1620 g/mol. The Morgan fingerprint density at radius 1 is 0.295 bits per heavy atom. The Hall–Kier alpha value is -10.0.